The van der Waals surface area contributed by atoms with Crippen LogP contribution in [0.5, 0.6) is 0 Å². The van der Waals surface area contributed by atoms with Gasteiger partial charge in [0.15, 0.2) is 0 Å². The van der Waals surface area contributed by atoms with Crippen molar-refractivity contribution in [3.8, 4) is 0 Å². The first-order valence-electron chi connectivity index (χ1n) is 8.97. The molecule has 1 amide bonds. The minimum atomic E-state index is -3.55. The fourth-order valence-electron chi connectivity index (χ4n) is 3.27. The van der Waals surface area contributed by atoms with E-state index in [1.165, 1.54) is 15.6 Å². The molecule has 0 aliphatic carbocycles. The maximum absolute atomic E-state index is 13.0. The third-order valence-electron chi connectivity index (χ3n) is 4.85. The van der Waals surface area contributed by atoms with Crippen LogP contribution >= 0.6 is 11.3 Å². The number of benzene rings is 2. The number of anilines is 1. The SMILES string of the molecule is Cc1ccc(S(=O)(=O)N2CCc3ccc(NC(=O)c4cccs4)cc3C2)cc1. The Morgan fingerprint density at radius 1 is 1.07 bits per heavy atom. The average Bonchev–Trinajstić information content (AvgIpc) is 3.23. The Morgan fingerprint density at radius 2 is 1.86 bits per heavy atom. The van der Waals surface area contributed by atoms with Gasteiger partial charge >= 0.3 is 0 Å². The smallest absolute Gasteiger partial charge is 0.265 e. The lowest BCUT2D eigenvalue weighted by molar-refractivity contribution is 0.103. The molecule has 1 aliphatic heterocycles. The zero-order valence-electron chi connectivity index (χ0n) is 15.4. The molecule has 0 bridgehead atoms. The molecule has 1 N–H and O–H groups in total. The normalized spacial score (nSPS) is 14.5. The molecular weight excluding hydrogens is 392 g/mol. The third kappa shape index (κ3) is 3.73. The van der Waals surface area contributed by atoms with E-state index >= 15 is 0 Å². The molecule has 1 aliphatic rings. The summed E-state index contributed by atoms with van der Waals surface area (Å²) >= 11 is 1.38. The molecule has 0 atom stereocenters. The van der Waals surface area contributed by atoms with Crippen LogP contribution in [0.25, 0.3) is 0 Å². The molecule has 2 heterocycles. The van der Waals surface area contributed by atoms with Crippen LogP contribution in [0.3, 0.4) is 0 Å². The van der Waals surface area contributed by atoms with E-state index in [2.05, 4.69) is 5.32 Å². The predicted molar refractivity (Wildman–Crippen MR) is 111 cm³/mol. The number of nitrogens with one attached hydrogen (secondary N) is 1. The van der Waals surface area contributed by atoms with Crippen LogP contribution in [0.2, 0.25) is 0 Å². The lowest BCUT2D eigenvalue weighted by atomic mass is 10.0. The first-order valence-corrected chi connectivity index (χ1v) is 11.3. The summed E-state index contributed by atoms with van der Waals surface area (Å²) in [5.74, 6) is -0.158. The summed E-state index contributed by atoms with van der Waals surface area (Å²) in [5, 5.41) is 4.75. The summed E-state index contributed by atoms with van der Waals surface area (Å²) in [6.45, 7) is 2.68. The monoisotopic (exact) mass is 412 g/mol. The van der Waals surface area contributed by atoms with E-state index < -0.39 is 10.0 Å². The van der Waals surface area contributed by atoms with Crippen LogP contribution in [-0.2, 0) is 23.0 Å². The van der Waals surface area contributed by atoms with Gasteiger partial charge in [0, 0.05) is 18.8 Å². The predicted octanol–water partition coefficient (Wildman–Crippen LogP) is 4.06. The van der Waals surface area contributed by atoms with Crippen LogP contribution < -0.4 is 5.32 Å². The standard InChI is InChI=1S/C21H20N2O3S2/c1-15-4-8-19(9-5-15)28(25,26)23-11-10-16-6-7-18(13-17(16)14-23)22-21(24)20-3-2-12-27-20/h2-9,12-13H,10-11,14H2,1H3,(H,22,24). The second kappa shape index (κ2) is 7.50. The third-order valence-corrected chi connectivity index (χ3v) is 7.57. The number of rotatable bonds is 4. The summed E-state index contributed by atoms with van der Waals surface area (Å²) in [4.78, 5) is 13.2. The van der Waals surface area contributed by atoms with Crippen molar-refractivity contribution in [2.24, 2.45) is 0 Å². The van der Waals surface area contributed by atoms with Crippen molar-refractivity contribution in [2.75, 3.05) is 11.9 Å². The topological polar surface area (TPSA) is 66.5 Å². The number of carbonyl (C=O) groups excluding carboxylic acids is 1. The molecular formula is C21H20N2O3S2. The van der Waals surface area contributed by atoms with Crippen molar-refractivity contribution in [3.63, 3.8) is 0 Å². The number of sulfonamides is 1. The molecule has 0 spiro atoms. The number of thiophene rings is 1. The van der Waals surface area contributed by atoms with Crippen molar-refractivity contribution < 1.29 is 13.2 Å². The van der Waals surface area contributed by atoms with E-state index in [1.807, 2.05) is 48.7 Å². The van der Waals surface area contributed by atoms with E-state index in [0.717, 1.165) is 16.7 Å². The molecule has 0 fully saturated rings. The Kier molecular flexibility index (Phi) is 5.05. The Labute approximate surface area is 168 Å². The second-order valence-corrected chi connectivity index (χ2v) is 9.70. The van der Waals surface area contributed by atoms with Gasteiger partial charge in [-0.1, -0.05) is 29.8 Å². The first kappa shape index (κ1) is 18.9. The largest absolute Gasteiger partial charge is 0.321 e. The van der Waals surface area contributed by atoms with Crippen LogP contribution in [0.1, 0.15) is 26.4 Å². The van der Waals surface area contributed by atoms with E-state index in [0.29, 0.717) is 35.0 Å². The lowest BCUT2D eigenvalue weighted by Gasteiger charge is -2.28. The first-order chi connectivity index (χ1) is 13.4. The summed E-state index contributed by atoms with van der Waals surface area (Å²) in [7, 11) is -3.55. The summed E-state index contributed by atoms with van der Waals surface area (Å²) in [6, 6.07) is 16.2. The average molecular weight is 413 g/mol. The van der Waals surface area contributed by atoms with Crippen molar-refractivity contribution >= 4 is 33.0 Å². The van der Waals surface area contributed by atoms with Crippen LogP contribution in [0.4, 0.5) is 5.69 Å². The Hall–Kier alpha value is -2.48. The zero-order chi connectivity index (χ0) is 19.7. The summed E-state index contributed by atoms with van der Waals surface area (Å²) in [6.07, 6.45) is 0.652. The molecule has 5 nitrogen and oxygen atoms in total. The van der Waals surface area contributed by atoms with Crippen LogP contribution in [0, 0.1) is 6.92 Å². The highest BCUT2D eigenvalue weighted by Crippen LogP contribution is 2.27. The molecule has 28 heavy (non-hydrogen) atoms. The summed E-state index contributed by atoms with van der Waals surface area (Å²) < 4.78 is 27.5. The van der Waals surface area contributed by atoms with Gasteiger partial charge in [-0.05, 0) is 60.2 Å². The quantitative estimate of drug-likeness (QED) is 0.703. The number of amides is 1. The van der Waals surface area contributed by atoms with Crippen molar-refractivity contribution in [1.82, 2.24) is 4.31 Å². The number of hydrogen-bond donors (Lipinski definition) is 1. The highest BCUT2D eigenvalue weighted by Gasteiger charge is 2.28. The van der Waals surface area contributed by atoms with Gasteiger partial charge in [0.05, 0.1) is 9.77 Å². The number of carbonyl (C=O) groups is 1. The molecule has 7 heteroatoms. The van der Waals surface area contributed by atoms with Gasteiger partial charge in [-0.15, -0.1) is 11.3 Å². The molecule has 2 aromatic carbocycles. The van der Waals surface area contributed by atoms with Crippen LogP contribution in [-0.4, -0.2) is 25.2 Å². The van der Waals surface area contributed by atoms with E-state index in [1.54, 1.807) is 18.2 Å². The molecule has 0 unspecified atom stereocenters. The minimum Gasteiger partial charge on any atom is -0.321 e. The minimum absolute atomic E-state index is 0.158. The molecule has 0 radical (unpaired) electrons. The summed E-state index contributed by atoms with van der Waals surface area (Å²) in [5.41, 5.74) is 3.73. The second-order valence-electron chi connectivity index (χ2n) is 6.82. The van der Waals surface area contributed by atoms with Gasteiger partial charge in [0.25, 0.3) is 5.91 Å². The van der Waals surface area contributed by atoms with Gasteiger partial charge in [0.1, 0.15) is 0 Å². The Morgan fingerprint density at radius 3 is 2.57 bits per heavy atom. The molecule has 144 valence electrons. The van der Waals surface area contributed by atoms with Gasteiger partial charge in [-0.25, -0.2) is 8.42 Å². The van der Waals surface area contributed by atoms with Gasteiger partial charge in [0.2, 0.25) is 10.0 Å². The van der Waals surface area contributed by atoms with Gasteiger partial charge in [-0.3, -0.25) is 4.79 Å². The molecule has 4 rings (SSSR count). The van der Waals surface area contributed by atoms with Gasteiger partial charge < -0.3 is 5.32 Å². The number of hydrogen-bond acceptors (Lipinski definition) is 4. The molecule has 0 saturated heterocycles. The molecule has 1 aromatic heterocycles. The van der Waals surface area contributed by atoms with E-state index in [4.69, 9.17) is 0 Å². The molecule has 3 aromatic rings. The Bertz CT molecular complexity index is 1110. The molecule has 0 saturated carbocycles. The highest BCUT2D eigenvalue weighted by atomic mass is 32.2. The number of fused-ring (bicyclic) bond motifs is 1. The van der Waals surface area contributed by atoms with E-state index in [9.17, 15) is 13.2 Å². The fourth-order valence-corrected chi connectivity index (χ4v) is 5.31. The highest BCUT2D eigenvalue weighted by molar-refractivity contribution is 7.89. The maximum atomic E-state index is 13.0. The van der Waals surface area contributed by atoms with Crippen molar-refractivity contribution in [1.29, 1.82) is 0 Å². The zero-order valence-corrected chi connectivity index (χ0v) is 17.0. The Balaban J connectivity index is 1.56. The van der Waals surface area contributed by atoms with Crippen molar-refractivity contribution in [2.45, 2.75) is 24.8 Å². The number of nitrogens with zero attached hydrogens (tertiary/aromatic N) is 1. The van der Waals surface area contributed by atoms with E-state index in [-0.39, 0.29) is 5.91 Å². The fraction of sp³-hybridized carbons (Fsp3) is 0.190. The maximum Gasteiger partial charge on any atom is 0.265 e. The van der Waals surface area contributed by atoms with Crippen LogP contribution in [0.15, 0.2) is 64.9 Å². The lowest BCUT2D eigenvalue weighted by Crippen LogP contribution is -2.36. The van der Waals surface area contributed by atoms with Crippen molar-refractivity contribution in [3.05, 3.63) is 81.5 Å². The van der Waals surface area contributed by atoms with Gasteiger partial charge in [-0.2, -0.15) is 4.31 Å². The number of aryl methyl sites for hydroxylation is 1.